The third kappa shape index (κ3) is 2.34. The summed E-state index contributed by atoms with van der Waals surface area (Å²) in [5.74, 6) is 0. The van der Waals surface area contributed by atoms with Crippen molar-refractivity contribution in [1.29, 1.82) is 5.41 Å². The number of anilines is 1. The minimum atomic E-state index is -0.444. The first-order valence-electron chi connectivity index (χ1n) is 5.44. The molecular weight excluding hydrogens is 210 g/mol. The van der Waals surface area contributed by atoms with Crippen LogP contribution in [0, 0.1) is 5.41 Å². The quantitative estimate of drug-likeness (QED) is 0.554. The van der Waals surface area contributed by atoms with Crippen molar-refractivity contribution in [2.24, 2.45) is 5.73 Å². The van der Waals surface area contributed by atoms with E-state index in [9.17, 15) is 0 Å². The SMILES string of the molecule is N=C(c1ccccc1N)C(N)c1ccccc1. The van der Waals surface area contributed by atoms with Crippen molar-refractivity contribution in [3.63, 3.8) is 0 Å². The maximum atomic E-state index is 8.11. The molecule has 2 aromatic carbocycles. The van der Waals surface area contributed by atoms with Gasteiger partial charge in [0.25, 0.3) is 0 Å². The highest BCUT2D eigenvalue weighted by molar-refractivity contribution is 6.06. The van der Waals surface area contributed by atoms with Gasteiger partial charge in [-0.2, -0.15) is 0 Å². The van der Waals surface area contributed by atoms with Crippen LogP contribution in [0.2, 0.25) is 0 Å². The van der Waals surface area contributed by atoms with Crippen LogP contribution >= 0.6 is 0 Å². The molecule has 0 aliphatic carbocycles. The molecule has 0 heterocycles. The van der Waals surface area contributed by atoms with Crippen molar-refractivity contribution in [2.75, 3.05) is 5.73 Å². The zero-order chi connectivity index (χ0) is 12.3. The van der Waals surface area contributed by atoms with Crippen molar-refractivity contribution in [3.05, 3.63) is 65.7 Å². The van der Waals surface area contributed by atoms with E-state index in [0.717, 1.165) is 5.56 Å². The van der Waals surface area contributed by atoms with Crippen LogP contribution in [0.1, 0.15) is 17.2 Å². The smallest absolute Gasteiger partial charge is 0.0726 e. The highest BCUT2D eigenvalue weighted by atomic mass is 14.7. The molecule has 86 valence electrons. The summed E-state index contributed by atoms with van der Waals surface area (Å²) >= 11 is 0. The van der Waals surface area contributed by atoms with E-state index >= 15 is 0 Å². The first kappa shape index (κ1) is 11.4. The maximum absolute atomic E-state index is 8.11. The molecule has 1 atom stereocenters. The highest BCUT2D eigenvalue weighted by Crippen LogP contribution is 2.19. The lowest BCUT2D eigenvalue weighted by Crippen LogP contribution is -2.22. The molecule has 3 heteroatoms. The van der Waals surface area contributed by atoms with Gasteiger partial charge in [-0.1, -0.05) is 48.5 Å². The zero-order valence-corrected chi connectivity index (χ0v) is 9.43. The molecule has 0 saturated carbocycles. The minimum absolute atomic E-state index is 0.342. The minimum Gasteiger partial charge on any atom is -0.398 e. The molecule has 1 unspecified atom stereocenters. The third-order valence-corrected chi connectivity index (χ3v) is 2.72. The summed E-state index contributed by atoms with van der Waals surface area (Å²) in [5, 5.41) is 8.11. The van der Waals surface area contributed by atoms with Gasteiger partial charge in [0.05, 0.1) is 11.8 Å². The van der Waals surface area contributed by atoms with Crippen molar-refractivity contribution in [1.82, 2.24) is 0 Å². The Bertz CT molecular complexity index is 520. The van der Waals surface area contributed by atoms with Crippen molar-refractivity contribution < 1.29 is 0 Å². The van der Waals surface area contributed by atoms with Gasteiger partial charge < -0.3 is 16.9 Å². The van der Waals surface area contributed by atoms with Crippen LogP contribution in [0.5, 0.6) is 0 Å². The second-order valence-electron chi connectivity index (χ2n) is 3.89. The van der Waals surface area contributed by atoms with Gasteiger partial charge in [-0.3, -0.25) is 0 Å². The molecule has 0 amide bonds. The van der Waals surface area contributed by atoms with E-state index in [0.29, 0.717) is 17.0 Å². The molecule has 0 radical (unpaired) electrons. The first-order valence-corrected chi connectivity index (χ1v) is 5.44. The van der Waals surface area contributed by atoms with Gasteiger partial charge in [0.2, 0.25) is 0 Å². The van der Waals surface area contributed by atoms with Gasteiger partial charge >= 0.3 is 0 Å². The van der Waals surface area contributed by atoms with E-state index in [4.69, 9.17) is 16.9 Å². The fourth-order valence-corrected chi connectivity index (χ4v) is 1.74. The summed E-state index contributed by atoms with van der Waals surface area (Å²) in [6.45, 7) is 0. The lowest BCUT2D eigenvalue weighted by Gasteiger charge is -2.15. The van der Waals surface area contributed by atoms with Gasteiger partial charge in [0.15, 0.2) is 0 Å². The average molecular weight is 225 g/mol. The van der Waals surface area contributed by atoms with Gasteiger partial charge in [-0.05, 0) is 11.6 Å². The molecule has 5 N–H and O–H groups in total. The monoisotopic (exact) mass is 225 g/mol. The van der Waals surface area contributed by atoms with Crippen LogP contribution < -0.4 is 11.5 Å². The van der Waals surface area contributed by atoms with Crippen molar-refractivity contribution in [2.45, 2.75) is 6.04 Å². The predicted molar refractivity (Wildman–Crippen MR) is 71.1 cm³/mol. The number of hydrogen-bond donors (Lipinski definition) is 3. The largest absolute Gasteiger partial charge is 0.398 e. The standard InChI is InChI=1S/C14H15N3/c15-12-9-5-4-8-11(12)14(17)13(16)10-6-2-1-3-7-10/h1-9,13,17H,15-16H2. The number of nitrogens with one attached hydrogen (secondary N) is 1. The number of nitrogen functional groups attached to an aromatic ring is 1. The molecule has 0 aromatic heterocycles. The lowest BCUT2D eigenvalue weighted by molar-refractivity contribution is 0.952. The lowest BCUT2D eigenvalue weighted by atomic mass is 9.96. The number of para-hydroxylation sites is 1. The Morgan fingerprint density at radius 2 is 1.53 bits per heavy atom. The maximum Gasteiger partial charge on any atom is 0.0726 e. The molecule has 17 heavy (non-hydrogen) atoms. The molecule has 0 bridgehead atoms. The number of nitrogens with two attached hydrogens (primary N) is 2. The molecule has 2 aromatic rings. The summed E-state index contributed by atoms with van der Waals surface area (Å²) in [5.41, 5.74) is 14.4. The third-order valence-electron chi connectivity index (χ3n) is 2.72. The van der Waals surface area contributed by atoms with Crippen LogP contribution in [0.15, 0.2) is 54.6 Å². The molecule has 0 aliphatic rings. The first-order chi connectivity index (χ1) is 8.20. The fraction of sp³-hybridized carbons (Fsp3) is 0.0714. The second kappa shape index (κ2) is 4.80. The summed E-state index contributed by atoms with van der Waals surface area (Å²) in [6.07, 6.45) is 0. The highest BCUT2D eigenvalue weighted by Gasteiger charge is 2.15. The molecule has 0 fully saturated rings. The van der Waals surface area contributed by atoms with Crippen LogP contribution in [-0.4, -0.2) is 5.71 Å². The zero-order valence-electron chi connectivity index (χ0n) is 9.43. The summed E-state index contributed by atoms with van der Waals surface area (Å²) in [6, 6.07) is 16.4. The van der Waals surface area contributed by atoms with Crippen LogP contribution in [0.25, 0.3) is 0 Å². The normalized spacial score (nSPS) is 12.1. The summed E-state index contributed by atoms with van der Waals surface area (Å²) in [7, 11) is 0. The van der Waals surface area contributed by atoms with Gasteiger partial charge in [0, 0.05) is 11.3 Å². The fourth-order valence-electron chi connectivity index (χ4n) is 1.74. The average Bonchev–Trinajstić information content (AvgIpc) is 2.39. The Hall–Kier alpha value is -2.13. The Balaban J connectivity index is 2.30. The molecular formula is C14H15N3. The van der Waals surface area contributed by atoms with E-state index in [1.54, 1.807) is 6.07 Å². The second-order valence-corrected chi connectivity index (χ2v) is 3.89. The Morgan fingerprint density at radius 3 is 2.18 bits per heavy atom. The van der Waals surface area contributed by atoms with Gasteiger partial charge in [-0.25, -0.2) is 0 Å². The molecule has 0 aliphatic heterocycles. The van der Waals surface area contributed by atoms with Crippen molar-refractivity contribution in [3.8, 4) is 0 Å². The van der Waals surface area contributed by atoms with E-state index in [2.05, 4.69) is 0 Å². The molecule has 0 spiro atoms. The van der Waals surface area contributed by atoms with E-state index in [1.165, 1.54) is 0 Å². The topological polar surface area (TPSA) is 75.9 Å². The summed E-state index contributed by atoms with van der Waals surface area (Å²) < 4.78 is 0. The number of hydrogen-bond acceptors (Lipinski definition) is 3. The van der Waals surface area contributed by atoms with E-state index in [1.807, 2.05) is 48.5 Å². The predicted octanol–water partition coefficient (Wildman–Crippen LogP) is 2.34. The van der Waals surface area contributed by atoms with E-state index in [-0.39, 0.29) is 0 Å². The van der Waals surface area contributed by atoms with Gasteiger partial charge in [-0.15, -0.1) is 0 Å². The number of benzene rings is 2. The van der Waals surface area contributed by atoms with Crippen LogP contribution in [-0.2, 0) is 0 Å². The Kier molecular flexibility index (Phi) is 3.21. The molecule has 3 nitrogen and oxygen atoms in total. The van der Waals surface area contributed by atoms with Crippen LogP contribution in [0.3, 0.4) is 0 Å². The molecule has 2 rings (SSSR count). The Labute approximate surface area is 101 Å². The summed E-state index contributed by atoms with van der Waals surface area (Å²) in [4.78, 5) is 0. The number of rotatable bonds is 3. The van der Waals surface area contributed by atoms with E-state index < -0.39 is 6.04 Å². The van der Waals surface area contributed by atoms with Crippen molar-refractivity contribution >= 4 is 11.4 Å². The van der Waals surface area contributed by atoms with Crippen LogP contribution in [0.4, 0.5) is 5.69 Å². The van der Waals surface area contributed by atoms with Gasteiger partial charge in [0.1, 0.15) is 0 Å². The Morgan fingerprint density at radius 1 is 0.941 bits per heavy atom. The molecule has 0 saturated heterocycles.